The second kappa shape index (κ2) is 8.83. The number of nitrogens with zero attached hydrogens (tertiary/aromatic N) is 1. The van der Waals surface area contributed by atoms with Gasteiger partial charge in [-0.2, -0.15) is 0 Å². The third-order valence-corrected chi connectivity index (χ3v) is 4.64. The van der Waals surface area contributed by atoms with Crippen molar-refractivity contribution in [2.45, 2.75) is 39.7 Å². The first kappa shape index (κ1) is 18.5. The Kier molecular flexibility index (Phi) is 6.79. The predicted molar refractivity (Wildman–Crippen MR) is 94.4 cm³/mol. The summed E-state index contributed by atoms with van der Waals surface area (Å²) in [5.41, 5.74) is 0.586. The lowest BCUT2D eigenvalue weighted by molar-refractivity contribution is -0.127. The van der Waals surface area contributed by atoms with Gasteiger partial charge in [-0.3, -0.25) is 9.59 Å². The second-order valence-corrected chi connectivity index (χ2v) is 6.47. The summed E-state index contributed by atoms with van der Waals surface area (Å²) in [6.07, 6.45) is 1.68. The number of carbonyl (C=O) groups is 2. The number of piperidine rings is 1. The Morgan fingerprint density at radius 3 is 2.67 bits per heavy atom. The Balaban J connectivity index is 1.78. The van der Waals surface area contributed by atoms with E-state index in [0.717, 1.165) is 32.5 Å². The van der Waals surface area contributed by atoms with Gasteiger partial charge in [-0.05, 0) is 64.4 Å². The van der Waals surface area contributed by atoms with Crippen LogP contribution in [0.25, 0.3) is 0 Å². The molecule has 0 aliphatic carbocycles. The average molecular weight is 332 g/mol. The smallest absolute Gasteiger partial charge is 0.260 e. The molecule has 2 rings (SSSR count). The average Bonchev–Trinajstić information content (AvgIpc) is 2.60. The maximum absolute atomic E-state index is 12.2. The van der Waals surface area contributed by atoms with Crippen molar-refractivity contribution in [1.82, 2.24) is 10.2 Å². The van der Waals surface area contributed by atoms with Crippen molar-refractivity contribution >= 4 is 11.7 Å². The largest absolute Gasteiger partial charge is 0.481 e. The molecule has 1 saturated heterocycles. The summed E-state index contributed by atoms with van der Waals surface area (Å²) in [6, 6.07) is 6.93. The zero-order valence-electron chi connectivity index (χ0n) is 14.9. The molecule has 0 spiro atoms. The highest BCUT2D eigenvalue weighted by molar-refractivity contribution is 5.94. The summed E-state index contributed by atoms with van der Waals surface area (Å²) in [4.78, 5) is 26.1. The summed E-state index contributed by atoms with van der Waals surface area (Å²) in [6.45, 7) is 9.46. The fraction of sp³-hybridized carbons (Fsp3) is 0.579. The molecule has 0 aromatic heterocycles. The van der Waals surface area contributed by atoms with Gasteiger partial charge in [0.1, 0.15) is 5.75 Å². The number of likely N-dealkylation sites (tertiary alicyclic amines) is 1. The number of Topliss-reactive ketones (excluding diaryl/α,β-unsaturated/α-hetero) is 1. The number of hydrogen-bond acceptors (Lipinski definition) is 4. The number of ketones is 1. The molecular weight excluding hydrogens is 304 g/mol. The Morgan fingerprint density at radius 2 is 2.04 bits per heavy atom. The van der Waals surface area contributed by atoms with Gasteiger partial charge in [-0.1, -0.05) is 19.1 Å². The third-order valence-electron chi connectivity index (χ3n) is 4.64. The van der Waals surface area contributed by atoms with Crippen LogP contribution in [0.1, 0.15) is 44.0 Å². The molecule has 1 aliphatic heterocycles. The second-order valence-electron chi connectivity index (χ2n) is 6.47. The van der Waals surface area contributed by atoms with Gasteiger partial charge in [0.15, 0.2) is 11.9 Å². The van der Waals surface area contributed by atoms with Crippen molar-refractivity contribution < 1.29 is 14.3 Å². The molecule has 1 heterocycles. The van der Waals surface area contributed by atoms with Crippen molar-refractivity contribution in [2.24, 2.45) is 5.92 Å². The zero-order valence-corrected chi connectivity index (χ0v) is 14.9. The topological polar surface area (TPSA) is 58.6 Å². The summed E-state index contributed by atoms with van der Waals surface area (Å²) in [7, 11) is 0. The molecule has 5 heteroatoms. The monoisotopic (exact) mass is 332 g/mol. The number of ether oxygens (including phenoxy) is 1. The van der Waals surface area contributed by atoms with E-state index in [4.69, 9.17) is 4.74 Å². The van der Waals surface area contributed by atoms with Gasteiger partial charge in [0.25, 0.3) is 5.91 Å². The van der Waals surface area contributed by atoms with Gasteiger partial charge < -0.3 is 15.0 Å². The third kappa shape index (κ3) is 5.34. The van der Waals surface area contributed by atoms with E-state index in [1.165, 1.54) is 6.92 Å². The molecule has 5 nitrogen and oxygen atoms in total. The highest BCUT2D eigenvalue weighted by atomic mass is 16.5. The highest BCUT2D eigenvalue weighted by Crippen LogP contribution is 2.17. The molecular formula is C19H28N2O3. The van der Waals surface area contributed by atoms with E-state index < -0.39 is 6.10 Å². The lowest BCUT2D eigenvalue weighted by atomic mass is 9.97. The molecule has 1 amide bonds. The minimum absolute atomic E-state index is 0.0176. The first-order valence-electron chi connectivity index (χ1n) is 8.77. The molecule has 0 bridgehead atoms. The standard InChI is InChI=1S/C19H28N2O3/c1-4-21-10-8-16(9-11-21)13-20-19(23)15(3)24-18-7-5-6-17(12-18)14(2)22/h5-7,12,15-16H,4,8-11,13H2,1-3H3,(H,20,23)/t15-/m1/s1. The van der Waals surface area contributed by atoms with Crippen molar-refractivity contribution in [2.75, 3.05) is 26.2 Å². The van der Waals surface area contributed by atoms with E-state index in [1.807, 2.05) is 0 Å². The summed E-state index contributed by atoms with van der Waals surface area (Å²) in [5, 5.41) is 2.99. The van der Waals surface area contributed by atoms with Gasteiger partial charge in [-0.25, -0.2) is 0 Å². The van der Waals surface area contributed by atoms with Gasteiger partial charge in [-0.15, -0.1) is 0 Å². The van der Waals surface area contributed by atoms with E-state index >= 15 is 0 Å². The number of rotatable bonds is 7. The quantitative estimate of drug-likeness (QED) is 0.780. The van der Waals surface area contributed by atoms with Crippen LogP contribution in [-0.4, -0.2) is 48.9 Å². The van der Waals surface area contributed by atoms with Crippen molar-refractivity contribution in [3.8, 4) is 5.75 Å². The van der Waals surface area contributed by atoms with Gasteiger partial charge in [0.2, 0.25) is 0 Å². The maximum Gasteiger partial charge on any atom is 0.260 e. The molecule has 0 saturated carbocycles. The number of benzene rings is 1. The van der Waals surface area contributed by atoms with Gasteiger partial charge in [0.05, 0.1) is 0 Å². The Labute approximate surface area is 144 Å². The number of carbonyl (C=O) groups excluding carboxylic acids is 2. The van der Waals surface area contributed by atoms with E-state index in [9.17, 15) is 9.59 Å². The zero-order chi connectivity index (χ0) is 17.5. The predicted octanol–water partition coefficient (Wildman–Crippen LogP) is 2.50. The van der Waals surface area contributed by atoms with Crippen LogP contribution in [0.4, 0.5) is 0 Å². The van der Waals surface area contributed by atoms with Crippen LogP contribution < -0.4 is 10.1 Å². The van der Waals surface area contributed by atoms with Crippen LogP contribution in [0.5, 0.6) is 5.75 Å². The first-order valence-corrected chi connectivity index (χ1v) is 8.77. The highest BCUT2D eigenvalue weighted by Gasteiger charge is 2.20. The van der Waals surface area contributed by atoms with Crippen molar-refractivity contribution in [3.63, 3.8) is 0 Å². The van der Waals surface area contributed by atoms with Crippen molar-refractivity contribution in [1.29, 1.82) is 0 Å². The van der Waals surface area contributed by atoms with Crippen LogP contribution in [0.15, 0.2) is 24.3 Å². The lowest BCUT2D eigenvalue weighted by Gasteiger charge is -2.31. The van der Waals surface area contributed by atoms with E-state index in [-0.39, 0.29) is 11.7 Å². The first-order chi connectivity index (χ1) is 11.5. The van der Waals surface area contributed by atoms with Gasteiger partial charge >= 0.3 is 0 Å². The van der Waals surface area contributed by atoms with Gasteiger partial charge in [0, 0.05) is 12.1 Å². The summed E-state index contributed by atoms with van der Waals surface area (Å²) >= 11 is 0. The van der Waals surface area contributed by atoms with E-state index in [2.05, 4.69) is 17.1 Å². The minimum Gasteiger partial charge on any atom is -0.481 e. The molecule has 1 aromatic rings. The molecule has 0 unspecified atom stereocenters. The summed E-state index contributed by atoms with van der Waals surface area (Å²) < 4.78 is 5.67. The van der Waals surface area contributed by atoms with Crippen LogP contribution in [0.3, 0.4) is 0 Å². The summed E-state index contributed by atoms with van der Waals surface area (Å²) in [5.74, 6) is 0.962. The molecule has 1 atom stereocenters. The lowest BCUT2D eigenvalue weighted by Crippen LogP contribution is -2.42. The molecule has 1 aromatic carbocycles. The SMILES string of the molecule is CCN1CCC(CNC(=O)[C@@H](C)Oc2cccc(C(C)=O)c2)CC1. The van der Waals surface area contributed by atoms with E-state index in [0.29, 0.717) is 23.8 Å². The molecule has 1 aliphatic rings. The maximum atomic E-state index is 12.2. The van der Waals surface area contributed by atoms with Crippen LogP contribution >= 0.6 is 0 Å². The van der Waals surface area contributed by atoms with Crippen LogP contribution in [0.2, 0.25) is 0 Å². The molecule has 132 valence electrons. The minimum atomic E-state index is -0.581. The molecule has 1 N–H and O–H groups in total. The molecule has 24 heavy (non-hydrogen) atoms. The number of nitrogens with one attached hydrogen (secondary N) is 1. The number of hydrogen-bond donors (Lipinski definition) is 1. The fourth-order valence-electron chi connectivity index (χ4n) is 2.94. The van der Waals surface area contributed by atoms with E-state index in [1.54, 1.807) is 31.2 Å². The normalized spacial score (nSPS) is 17.3. The van der Waals surface area contributed by atoms with Crippen LogP contribution in [0, 0.1) is 5.92 Å². The Bertz CT molecular complexity index is 565. The Morgan fingerprint density at radius 1 is 1.33 bits per heavy atom. The van der Waals surface area contributed by atoms with Crippen molar-refractivity contribution in [3.05, 3.63) is 29.8 Å². The molecule has 0 radical (unpaired) electrons. The molecule has 1 fully saturated rings. The Hall–Kier alpha value is -1.88. The number of amides is 1. The van der Waals surface area contributed by atoms with Crippen LogP contribution in [-0.2, 0) is 4.79 Å². The fourth-order valence-corrected chi connectivity index (χ4v) is 2.94.